The molecule has 42 heavy (non-hydrogen) atoms. The Bertz CT molecular complexity index is 1750. The fraction of sp³-hybridized carbons (Fsp3) is 0.429. The number of carboxylic acids is 1. The number of aliphatic hydroxyl groups is 1. The first-order valence-corrected chi connectivity index (χ1v) is 16.1. The first-order chi connectivity index (χ1) is 19.8. The smallest absolute Gasteiger partial charge is 0.477 e. The summed E-state index contributed by atoms with van der Waals surface area (Å²) < 4.78 is 37.1. The number of fused-ring (bicyclic) bond motifs is 3. The molecule has 0 radical (unpaired) electrons. The fourth-order valence-corrected chi connectivity index (χ4v) is 8.99. The maximum atomic E-state index is 13.1. The van der Waals surface area contributed by atoms with Crippen molar-refractivity contribution in [1.29, 1.82) is 0 Å². The van der Waals surface area contributed by atoms with Crippen LogP contribution in [0.3, 0.4) is 0 Å². The second kappa shape index (κ2) is 9.92. The van der Waals surface area contributed by atoms with Crippen molar-refractivity contribution in [2.45, 2.75) is 56.4 Å². The summed E-state index contributed by atoms with van der Waals surface area (Å²) in [6.45, 7) is 3.10. The summed E-state index contributed by atoms with van der Waals surface area (Å²) in [5, 5.41) is 20.6. The van der Waals surface area contributed by atoms with E-state index in [1.807, 2.05) is 24.3 Å². The van der Waals surface area contributed by atoms with E-state index < -0.39 is 51.3 Å². The maximum Gasteiger partial charge on any atom is 0.508 e. The van der Waals surface area contributed by atoms with Gasteiger partial charge in [-0.05, 0) is 24.5 Å². The van der Waals surface area contributed by atoms with Crippen LogP contribution in [0.25, 0.3) is 10.4 Å². The second-order valence-electron chi connectivity index (χ2n) is 11.3. The predicted molar refractivity (Wildman–Crippen MR) is 149 cm³/mol. The van der Waals surface area contributed by atoms with Crippen molar-refractivity contribution in [2.75, 3.05) is 12.9 Å². The Kier molecular flexibility index (Phi) is 6.70. The molecule has 1 aromatic carbocycles. The molecule has 3 aliphatic rings. The van der Waals surface area contributed by atoms with Gasteiger partial charge in [-0.2, -0.15) is 0 Å². The Morgan fingerprint density at radius 2 is 1.90 bits per heavy atom. The van der Waals surface area contributed by atoms with Gasteiger partial charge >= 0.3 is 12.1 Å². The molecule has 0 saturated carbocycles. The molecule has 2 aliphatic heterocycles. The zero-order chi connectivity index (χ0) is 30.1. The quantitative estimate of drug-likeness (QED) is 0.284. The molecule has 0 spiro atoms. The highest BCUT2D eigenvalue weighted by atomic mass is 32.2. The molecule has 3 aromatic rings. The summed E-state index contributed by atoms with van der Waals surface area (Å²) in [6.07, 6.45) is 2.99. The van der Waals surface area contributed by atoms with Crippen LogP contribution in [-0.4, -0.2) is 82.1 Å². The zero-order valence-electron chi connectivity index (χ0n) is 23.0. The molecule has 6 rings (SSSR count). The average Bonchev–Trinajstić information content (AvgIpc) is 3.62. The number of aromatic nitrogens is 2. The van der Waals surface area contributed by atoms with Gasteiger partial charge in [0.15, 0.2) is 14.9 Å². The fourth-order valence-electron chi connectivity index (χ4n) is 6.60. The molecule has 222 valence electrons. The summed E-state index contributed by atoms with van der Waals surface area (Å²) in [5.41, 5.74) is 1.22. The minimum absolute atomic E-state index is 0.112. The Labute approximate surface area is 245 Å². The van der Waals surface area contributed by atoms with E-state index in [1.165, 1.54) is 22.6 Å². The van der Waals surface area contributed by atoms with Gasteiger partial charge in [0.25, 0.3) is 0 Å². The summed E-state index contributed by atoms with van der Waals surface area (Å²) in [4.78, 5) is 44.2. The lowest BCUT2D eigenvalue weighted by Gasteiger charge is -2.50. The number of hydrogen-bond donors (Lipinski definition) is 2. The van der Waals surface area contributed by atoms with Gasteiger partial charge in [0, 0.05) is 36.3 Å². The molecule has 0 unspecified atom stereocenters. The van der Waals surface area contributed by atoms with Crippen molar-refractivity contribution in [2.24, 2.45) is 11.3 Å². The molecule has 2 N–H and O–H groups in total. The number of nitrogens with zero attached hydrogens (tertiary/aromatic N) is 3. The van der Waals surface area contributed by atoms with Gasteiger partial charge in [-0.25, -0.2) is 23.0 Å². The molecule has 4 heterocycles. The number of amides is 1. The number of ether oxygens (including phenoxy) is 2. The van der Waals surface area contributed by atoms with Crippen LogP contribution in [-0.2, 0) is 41.7 Å². The van der Waals surface area contributed by atoms with Crippen LogP contribution in [0.5, 0.6) is 0 Å². The van der Waals surface area contributed by atoms with Crippen molar-refractivity contribution in [3.63, 3.8) is 0 Å². The third kappa shape index (κ3) is 4.39. The van der Waals surface area contributed by atoms with E-state index in [9.17, 15) is 33.0 Å². The number of β-lactam (4-membered cyclic amide) rings is 1. The Morgan fingerprint density at radius 1 is 1.24 bits per heavy atom. The van der Waals surface area contributed by atoms with E-state index in [2.05, 4.69) is 4.98 Å². The lowest BCUT2D eigenvalue weighted by Crippen LogP contribution is -2.66. The molecule has 4 atom stereocenters. The zero-order valence-corrected chi connectivity index (χ0v) is 24.6. The average molecular weight is 616 g/mol. The maximum absolute atomic E-state index is 13.1. The van der Waals surface area contributed by atoms with E-state index in [0.717, 1.165) is 28.7 Å². The van der Waals surface area contributed by atoms with Crippen LogP contribution in [0.15, 0.2) is 47.5 Å². The summed E-state index contributed by atoms with van der Waals surface area (Å²) in [6, 6.07) is 7.13. The van der Waals surface area contributed by atoms with Crippen LogP contribution in [0.4, 0.5) is 4.79 Å². The number of carbonyl (C=O) groups excluding carboxylic acids is 2. The van der Waals surface area contributed by atoms with Gasteiger partial charge in [0.2, 0.25) is 5.91 Å². The highest BCUT2D eigenvalue weighted by Crippen LogP contribution is 2.60. The Morgan fingerprint density at radius 3 is 2.50 bits per heavy atom. The number of sulfone groups is 1. The van der Waals surface area contributed by atoms with Crippen LogP contribution < -0.4 is 0 Å². The van der Waals surface area contributed by atoms with Gasteiger partial charge in [-0.1, -0.05) is 31.2 Å². The third-order valence-corrected chi connectivity index (χ3v) is 10.7. The van der Waals surface area contributed by atoms with Gasteiger partial charge in [0.1, 0.15) is 23.0 Å². The lowest BCUT2D eigenvalue weighted by molar-refractivity contribution is -0.167. The number of thiazole rings is 1. The van der Waals surface area contributed by atoms with Crippen molar-refractivity contribution < 1.29 is 42.5 Å². The summed E-state index contributed by atoms with van der Waals surface area (Å²) >= 11 is 1.04. The van der Waals surface area contributed by atoms with E-state index in [0.29, 0.717) is 28.1 Å². The molecular weight excluding hydrogens is 586 g/mol. The van der Waals surface area contributed by atoms with E-state index in [4.69, 9.17) is 9.47 Å². The lowest BCUT2D eigenvalue weighted by atomic mass is 9.66. The van der Waals surface area contributed by atoms with Crippen LogP contribution in [0.1, 0.15) is 36.3 Å². The van der Waals surface area contributed by atoms with E-state index in [-0.39, 0.29) is 29.9 Å². The van der Waals surface area contributed by atoms with Crippen molar-refractivity contribution in [1.82, 2.24) is 14.3 Å². The predicted octanol–water partition coefficient (Wildman–Crippen LogP) is 2.53. The SMILES string of the molecule is C[C@@H](O)[C@H]1C(=O)N2C(C(=O)O)=C(c3cn4cnc(S(C)(=O)=O)c4s3)[C@](C)(CCOC(=O)OC3Cc4ccccc4C3)[C@@H]12. The number of hydrogen-bond acceptors (Lipinski definition) is 10. The van der Waals surface area contributed by atoms with Gasteiger partial charge in [-0.15, -0.1) is 11.3 Å². The van der Waals surface area contributed by atoms with Crippen molar-refractivity contribution >= 4 is 49.6 Å². The standard InChI is InChI=1S/C28H29N3O9S2/c1-14(32)19-22-28(2,8-9-39-27(36)40-17-10-15-6-4-5-7-16(15)11-17)20(21(26(34)35)31(22)24(19)33)18-12-30-13-29-23(25(30)41-18)42(3,37)38/h4-7,12-14,17,19,22,32H,8-11H2,1-3H3,(H,34,35)/t14-,19-,22-,28+/m1/s1. The Hall–Kier alpha value is -3.75. The Balaban J connectivity index is 1.30. The number of imidazole rings is 1. The number of aliphatic carboxylic acids is 1. The number of carboxylic acid groups (broad SMARTS) is 1. The monoisotopic (exact) mass is 615 g/mol. The van der Waals surface area contributed by atoms with Crippen molar-refractivity contribution in [3.8, 4) is 0 Å². The van der Waals surface area contributed by atoms with Crippen LogP contribution >= 0.6 is 11.3 Å². The molecule has 0 bridgehead atoms. The minimum atomic E-state index is -3.67. The number of aliphatic hydroxyl groups excluding tert-OH is 1. The first kappa shape index (κ1) is 28.4. The number of benzene rings is 1. The largest absolute Gasteiger partial charge is 0.508 e. The third-order valence-electron chi connectivity index (χ3n) is 8.46. The highest BCUT2D eigenvalue weighted by Gasteiger charge is 2.66. The van der Waals surface area contributed by atoms with E-state index >= 15 is 0 Å². The normalized spacial score (nSPS) is 24.5. The van der Waals surface area contributed by atoms with Crippen LogP contribution in [0, 0.1) is 11.3 Å². The molecule has 1 amide bonds. The van der Waals surface area contributed by atoms with E-state index in [1.54, 1.807) is 13.1 Å². The molecule has 2 aromatic heterocycles. The van der Waals surface area contributed by atoms with Gasteiger partial charge in [-0.3, -0.25) is 9.20 Å². The molecule has 12 nitrogen and oxygen atoms in total. The molecule has 1 saturated heterocycles. The van der Waals surface area contributed by atoms with Crippen molar-refractivity contribution in [3.05, 3.63) is 58.5 Å². The first-order valence-electron chi connectivity index (χ1n) is 13.4. The second-order valence-corrected chi connectivity index (χ2v) is 14.2. The minimum Gasteiger partial charge on any atom is -0.477 e. The molecule has 1 aliphatic carbocycles. The van der Waals surface area contributed by atoms with Gasteiger partial charge in [0.05, 0.1) is 29.5 Å². The molecule has 1 fully saturated rings. The topological polar surface area (TPSA) is 165 Å². The summed E-state index contributed by atoms with van der Waals surface area (Å²) in [7, 11) is -3.67. The highest BCUT2D eigenvalue weighted by molar-refractivity contribution is 7.91. The number of carbonyl (C=O) groups is 3. The molecular formula is C28H29N3O9S2. The summed E-state index contributed by atoms with van der Waals surface area (Å²) in [5.74, 6) is -2.72. The molecule has 14 heteroatoms. The number of rotatable bonds is 8. The van der Waals surface area contributed by atoms with Gasteiger partial charge < -0.3 is 24.6 Å². The van der Waals surface area contributed by atoms with Crippen LogP contribution in [0.2, 0.25) is 0 Å².